The van der Waals surface area contributed by atoms with Crippen molar-refractivity contribution in [2.75, 3.05) is 26.7 Å². The number of carbonyl (C=O) groups excluding carboxylic acids is 2. The molecule has 0 unspecified atom stereocenters. The van der Waals surface area contributed by atoms with Crippen LogP contribution in [-0.4, -0.2) is 49.6 Å². The summed E-state index contributed by atoms with van der Waals surface area (Å²) in [6.07, 6.45) is 2.83. The van der Waals surface area contributed by atoms with Gasteiger partial charge in [-0.2, -0.15) is 0 Å². The Kier molecular flexibility index (Phi) is 5.71. The number of rotatable bonds is 5. The van der Waals surface area contributed by atoms with E-state index in [1.54, 1.807) is 7.05 Å². The number of ether oxygens (including phenoxy) is 1. The van der Waals surface area contributed by atoms with Gasteiger partial charge in [-0.25, -0.2) is 0 Å². The summed E-state index contributed by atoms with van der Waals surface area (Å²) in [6.45, 7) is 3.52. The number of primary amides is 1. The summed E-state index contributed by atoms with van der Waals surface area (Å²) < 4.78 is 5.81. The summed E-state index contributed by atoms with van der Waals surface area (Å²) >= 11 is 0. The molecule has 6 nitrogen and oxygen atoms in total. The zero-order valence-electron chi connectivity index (χ0n) is 14.7. The van der Waals surface area contributed by atoms with Gasteiger partial charge in [0.1, 0.15) is 0 Å². The third-order valence-electron chi connectivity index (χ3n) is 5.45. The number of hydrogen-bond acceptors (Lipinski definition) is 4. The fourth-order valence-corrected chi connectivity index (χ4v) is 3.98. The maximum atomic E-state index is 11.6. The highest BCUT2D eigenvalue weighted by Crippen LogP contribution is 2.33. The summed E-state index contributed by atoms with van der Waals surface area (Å²) in [5, 5.41) is 2.63. The van der Waals surface area contributed by atoms with Crippen LogP contribution in [0.4, 0.5) is 0 Å². The van der Waals surface area contributed by atoms with E-state index in [9.17, 15) is 9.59 Å². The van der Waals surface area contributed by atoms with Gasteiger partial charge in [0.05, 0.1) is 12.0 Å². The van der Waals surface area contributed by atoms with Crippen LogP contribution in [0.1, 0.15) is 35.2 Å². The lowest BCUT2D eigenvalue weighted by molar-refractivity contribution is -0.124. The van der Waals surface area contributed by atoms with Gasteiger partial charge in [-0.15, -0.1) is 0 Å². The van der Waals surface area contributed by atoms with Crippen LogP contribution in [0.2, 0.25) is 0 Å². The first-order chi connectivity index (χ1) is 12.1. The molecular weight excluding hydrogens is 318 g/mol. The molecule has 136 valence electrons. The molecule has 0 bridgehead atoms. The third-order valence-corrected chi connectivity index (χ3v) is 5.45. The van der Waals surface area contributed by atoms with Gasteiger partial charge in [0.25, 0.3) is 5.91 Å². The first-order valence-corrected chi connectivity index (χ1v) is 9.02. The molecule has 0 saturated carbocycles. The Labute approximate surface area is 148 Å². The predicted octanol–water partition coefficient (Wildman–Crippen LogP) is 1.15. The molecule has 2 aliphatic heterocycles. The molecule has 0 radical (unpaired) electrons. The second kappa shape index (κ2) is 7.97. The number of hydrogen-bond donors (Lipinski definition) is 2. The minimum Gasteiger partial charge on any atom is -0.377 e. The van der Waals surface area contributed by atoms with Crippen molar-refractivity contribution in [2.45, 2.75) is 31.9 Å². The molecule has 25 heavy (non-hydrogen) atoms. The van der Waals surface area contributed by atoms with E-state index in [-0.39, 0.29) is 23.8 Å². The molecule has 2 aliphatic rings. The van der Waals surface area contributed by atoms with E-state index >= 15 is 0 Å². The van der Waals surface area contributed by atoms with Gasteiger partial charge in [-0.3, -0.25) is 14.5 Å². The Morgan fingerprint density at radius 2 is 1.88 bits per heavy atom. The molecule has 2 amide bonds. The smallest absolute Gasteiger partial charge is 0.251 e. The van der Waals surface area contributed by atoms with E-state index in [1.165, 1.54) is 5.56 Å². The van der Waals surface area contributed by atoms with Gasteiger partial charge in [0.15, 0.2) is 0 Å². The van der Waals surface area contributed by atoms with Crippen molar-refractivity contribution in [1.82, 2.24) is 10.2 Å². The fraction of sp³-hybridized carbons (Fsp3) is 0.579. The molecule has 2 fully saturated rings. The highest BCUT2D eigenvalue weighted by Gasteiger charge is 2.39. The Bertz CT molecular complexity index is 609. The van der Waals surface area contributed by atoms with Crippen LogP contribution < -0.4 is 11.1 Å². The molecule has 1 aromatic rings. The van der Waals surface area contributed by atoms with Gasteiger partial charge in [-0.1, -0.05) is 12.1 Å². The Morgan fingerprint density at radius 3 is 2.48 bits per heavy atom. The molecule has 2 heterocycles. The molecular formula is C19H27N3O3. The van der Waals surface area contributed by atoms with Crippen molar-refractivity contribution < 1.29 is 14.3 Å². The first kappa shape index (κ1) is 17.9. The molecule has 1 aromatic carbocycles. The number of carbonyl (C=O) groups is 2. The van der Waals surface area contributed by atoms with E-state index in [0.717, 1.165) is 38.9 Å². The van der Waals surface area contributed by atoms with Crippen LogP contribution in [0.25, 0.3) is 0 Å². The molecule has 0 aliphatic carbocycles. The lowest BCUT2D eigenvalue weighted by Gasteiger charge is -2.35. The zero-order chi connectivity index (χ0) is 17.8. The van der Waals surface area contributed by atoms with Crippen molar-refractivity contribution in [1.29, 1.82) is 0 Å². The second-order valence-electron chi connectivity index (χ2n) is 7.02. The Morgan fingerprint density at radius 1 is 1.20 bits per heavy atom. The Hall–Kier alpha value is -1.92. The number of nitrogens with two attached hydrogens (primary N) is 1. The van der Waals surface area contributed by atoms with E-state index in [1.807, 2.05) is 24.3 Å². The SMILES string of the molecule is CNC(=O)c1ccc(CN2CCC([C@H]3OCC[C@@H]3C(N)=O)CC2)cc1. The Balaban J connectivity index is 1.51. The van der Waals surface area contributed by atoms with E-state index in [4.69, 9.17) is 10.5 Å². The van der Waals surface area contributed by atoms with Gasteiger partial charge < -0.3 is 15.8 Å². The molecule has 2 atom stereocenters. The zero-order valence-corrected chi connectivity index (χ0v) is 14.7. The van der Waals surface area contributed by atoms with Gasteiger partial charge in [-0.05, 0) is 56.0 Å². The number of nitrogens with zero attached hydrogens (tertiary/aromatic N) is 1. The topological polar surface area (TPSA) is 84.7 Å². The van der Waals surface area contributed by atoms with Crippen LogP contribution in [0.3, 0.4) is 0 Å². The van der Waals surface area contributed by atoms with Gasteiger partial charge >= 0.3 is 0 Å². The lowest BCUT2D eigenvalue weighted by atomic mass is 9.84. The minimum absolute atomic E-state index is 0.00601. The normalized spacial score (nSPS) is 25.0. The highest BCUT2D eigenvalue weighted by atomic mass is 16.5. The third kappa shape index (κ3) is 4.19. The molecule has 6 heteroatoms. The van der Waals surface area contributed by atoms with Crippen molar-refractivity contribution in [3.63, 3.8) is 0 Å². The average Bonchev–Trinajstić information content (AvgIpc) is 3.12. The fourth-order valence-electron chi connectivity index (χ4n) is 3.98. The van der Waals surface area contributed by atoms with Gasteiger partial charge in [0.2, 0.25) is 5.91 Å². The number of benzene rings is 1. The van der Waals surface area contributed by atoms with Crippen molar-refractivity contribution >= 4 is 11.8 Å². The maximum Gasteiger partial charge on any atom is 0.251 e. The summed E-state index contributed by atoms with van der Waals surface area (Å²) in [4.78, 5) is 25.6. The van der Waals surface area contributed by atoms with Crippen LogP contribution in [-0.2, 0) is 16.1 Å². The molecule has 0 spiro atoms. The van der Waals surface area contributed by atoms with Gasteiger partial charge in [0, 0.05) is 25.8 Å². The lowest BCUT2D eigenvalue weighted by Crippen LogP contribution is -2.41. The number of likely N-dealkylation sites (tertiary alicyclic amines) is 1. The molecule has 0 aromatic heterocycles. The minimum atomic E-state index is -0.221. The number of amides is 2. The first-order valence-electron chi connectivity index (χ1n) is 9.02. The monoisotopic (exact) mass is 345 g/mol. The summed E-state index contributed by atoms with van der Waals surface area (Å²) in [5.41, 5.74) is 7.40. The molecule has 3 rings (SSSR count). The quantitative estimate of drug-likeness (QED) is 0.838. The van der Waals surface area contributed by atoms with Crippen molar-refractivity contribution in [3.05, 3.63) is 35.4 Å². The van der Waals surface area contributed by atoms with E-state index in [2.05, 4.69) is 10.2 Å². The standard InChI is InChI=1S/C19H27N3O3/c1-21-19(24)15-4-2-13(3-5-15)12-22-9-6-14(7-10-22)17-16(18(20)23)8-11-25-17/h2-5,14,16-17H,6-12H2,1H3,(H2,20,23)(H,21,24)/t16-,17+/m0/s1. The number of piperidine rings is 1. The molecule has 3 N–H and O–H groups in total. The maximum absolute atomic E-state index is 11.6. The van der Waals surface area contributed by atoms with Crippen LogP contribution in [0, 0.1) is 11.8 Å². The molecule has 2 saturated heterocycles. The largest absolute Gasteiger partial charge is 0.377 e. The van der Waals surface area contributed by atoms with E-state index < -0.39 is 0 Å². The number of nitrogens with one attached hydrogen (secondary N) is 1. The average molecular weight is 345 g/mol. The van der Waals surface area contributed by atoms with Crippen molar-refractivity contribution in [3.8, 4) is 0 Å². The highest BCUT2D eigenvalue weighted by molar-refractivity contribution is 5.93. The van der Waals surface area contributed by atoms with E-state index in [0.29, 0.717) is 18.1 Å². The summed E-state index contributed by atoms with van der Waals surface area (Å²) in [5.74, 6) is 0.0229. The van der Waals surface area contributed by atoms with Crippen molar-refractivity contribution in [2.24, 2.45) is 17.6 Å². The van der Waals surface area contributed by atoms with Crippen LogP contribution >= 0.6 is 0 Å². The second-order valence-corrected chi connectivity index (χ2v) is 7.02. The predicted molar refractivity (Wildman–Crippen MR) is 94.9 cm³/mol. The summed E-state index contributed by atoms with van der Waals surface area (Å²) in [6, 6.07) is 7.76. The van der Waals surface area contributed by atoms with Crippen LogP contribution in [0.15, 0.2) is 24.3 Å². The summed E-state index contributed by atoms with van der Waals surface area (Å²) in [7, 11) is 1.64. The van der Waals surface area contributed by atoms with Crippen LogP contribution in [0.5, 0.6) is 0 Å².